The normalized spacial score (nSPS) is 12.7. The van der Waals surface area contributed by atoms with Gasteiger partial charge in [0.25, 0.3) is 5.91 Å². The van der Waals surface area contributed by atoms with Crippen LogP contribution in [0.2, 0.25) is 0 Å². The van der Waals surface area contributed by atoms with Gasteiger partial charge in [0.2, 0.25) is 10.0 Å². The van der Waals surface area contributed by atoms with Crippen molar-refractivity contribution in [3.63, 3.8) is 0 Å². The van der Waals surface area contributed by atoms with E-state index < -0.39 is 15.9 Å². The van der Waals surface area contributed by atoms with Crippen molar-refractivity contribution in [3.8, 4) is 0 Å². The van der Waals surface area contributed by atoms with E-state index in [0.29, 0.717) is 36.7 Å². The molecular formula is C24H31N3O4S2. The summed E-state index contributed by atoms with van der Waals surface area (Å²) < 4.78 is 35.3. The molecule has 3 aromatic rings. The van der Waals surface area contributed by atoms with Gasteiger partial charge in [-0.15, -0.1) is 0 Å². The maximum atomic E-state index is 12.9. The van der Waals surface area contributed by atoms with Crippen LogP contribution < -0.4 is 4.80 Å². The second-order valence-corrected chi connectivity index (χ2v) is 10.9. The van der Waals surface area contributed by atoms with Crippen LogP contribution in [-0.4, -0.2) is 50.0 Å². The number of aryl methyl sites for hydroxylation is 1. The number of ether oxygens (including phenoxy) is 1. The number of hydrogen-bond acceptors (Lipinski definition) is 5. The third kappa shape index (κ3) is 5.97. The van der Waals surface area contributed by atoms with E-state index in [9.17, 15) is 13.2 Å². The summed E-state index contributed by atoms with van der Waals surface area (Å²) in [5.41, 5.74) is 2.49. The van der Waals surface area contributed by atoms with Crippen molar-refractivity contribution in [3.05, 3.63) is 58.4 Å². The standard InChI is InChI=1S/C24H31N3O4S2/c1-5-7-14-26(4)33(29,30)20-11-9-19(10-12-20)23(28)25-24-27(15-16-31-6-2)21-13-8-18(3)17-22(21)32-24/h8-13,17H,5-7,14-16H2,1-4H3. The highest BCUT2D eigenvalue weighted by Crippen LogP contribution is 2.20. The summed E-state index contributed by atoms with van der Waals surface area (Å²) in [6, 6.07) is 12.1. The molecule has 0 aliphatic rings. The lowest BCUT2D eigenvalue weighted by Gasteiger charge is -2.16. The van der Waals surface area contributed by atoms with E-state index in [4.69, 9.17) is 4.74 Å². The largest absolute Gasteiger partial charge is 0.380 e. The molecule has 0 fully saturated rings. The Bertz CT molecular complexity index is 1280. The number of hydrogen-bond donors (Lipinski definition) is 0. The monoisotopic (exact) mass is 489 g/mol. The average molecular weight is 490 g/mol. The maximum Gasteiger partial charge on any atom is 0.279 e. The number of amides is 1. The van der Waals surface area contributed by atoms with E-state index in [2.05, 4.69) is 11.1 Å². The smallest absolute Gasteiger partial charge is 0.279 e. The molecule has 0 saturated carbocycles. The molecule has 0 aliphatic heterocycles. The van der Waals surface area contributed by atoms with Crippen LogP contribution in [0, 0.1) is 6.92 Å². The molecule has 2 aromatic carbocycles. The summed E-state index contributed by atoms with van der Waals surface area (Å²) in [6.07, 6.45) is 1.71. The number of unbranched alkanes of at least 4 members (excludes halogenated alkanes) is 1. The van der Waals surface area contributed by atoms with Gasteiger partial charge >= 0.3 is 0 Å². The molecule has 7 nitrogen and oxygen atoms in total. The summed E-state index contributed by atoms with van der Waals surface area (Å²) in [4.78, 5) is 18.0. The van der Waals surface area contributed by atoms with Crippen molar-refractivity contribution in [1.82, 2.24) is 8.87 Å². The van der Waals surface area contributed by atoms with Crippen LogP contribution in [0.3, 0.4) is 0 Å². The first kappa shape index (κ1) is 25.3. The zero-order chi connectivity index (χ0) is 24.0. The van der Waals surface area contributed by atoms with Gasteiger partial charge in [0.15, 0.2) is 4.80 Å². The number of fused-ring (bicyclic) bond motifs is 1. The topological polar surface area (TPSA) is 81.0 Å². The zero-order valence-corrected chi connectivity index (χ0v) is 21.2. The summed E-state index contributed by atoms with van der Waals surface area (Å²) in [5.74, 6) is -0.410. The predicted molar refractivity (Wildman–Crippen MR) is 132 cm³/mol. The molecule has 1 amide bonds. The number of thiazole rings is 1. The van der Waals surface area contributed by atoms with Crippen LogP contribution in [0.15, 0.2) is 52.4 Å². The molecular weight excluding hydrogens is 458 g/mol. The number of nitrogens with zero attached hydrogens (tertiary/aromatic N) is 3. The fourth-order valence-corrected chi connectivity index (χ4v) is 5.75. The number of benzene rings is 2. The van der Waals surface area contributed by atoms with Gasteiger partial charge in [-0.2, -0.15) is 4.99 Å². The Kier molecular flexibility index (Phi) is 8.58. The third-order valence-corrected chi connectivity index (χ3v) is 8.25. The predicted octanol–water partition coefficient (Wildman–Crippen LogP) is 4.21. The van der Waals surface area contributed by atoms with E-state index in [1.165, 1.54) is 39.9 Å². The minimum atomic E-state index is -3.58. The summed E-state index contributed by atoms with van der Waals surface area (Å²) in [5, 5.41) is 0. The lowest BCUT2D eigenvalue weighted by Crippen LogP contribution is -2.27. The molecule has 0 bridgehead atoms. The molecule has 178 valence electrons. The zero-order valence-electron chi connectivity index (χ0n) is 19.6. The first-order chi connectivity index (χ1) is 15.8. The van der Waals surface area contributed by atoms with Crippen LogP contribution in [0.1, 0.15) is 42.6 Å². The molecule has 0 aliphatic carbocycles. The Hall–Kier alpha value is -2.33. The van der Waals surface area contributed by atoms with E-state index >= 15 is 0 Å². The molecule has 0 spiro atoms. The minimum Gasteiger partial charge on any atom is -0.380 e. The number of aromatic nitrogens is 1. The van der Waals surface area contributed by atoms with Gasteiger partial charge in [0.1, 0.15) is 0 Å². The van der Waals surface area contributed by atoms with Gasteiger partial charge in [-0.25, -0.2) is 12.7 Å². The van der Waals surface area contributed by atoms with E-state index in [0.717, 1.165) is 28.6 Å². The fourth-order valence-electron chi connectivity index (χ4n) is 3.38. The number of carbonyl (C=O) groups excluding carboxylic acids is 1. The molecule has 9 heteroatoms. The molecule has 0 radical (unpaired) electrons. The average Bonchev–Trinajstić information content (AvgIpc) is 3.13. The number of rotatable bonds is 10. The van der Waals surface area contributed by atoms with Gasteiger partial charge < -0.3 is 9.30 Å². The molecule has 1 heterocycles. The van der Waals surface area contributed by atoms with Gasteiger partial charge in [-0.3, -0.25) is 4.79 Å². The highest BCUT2D eigenvalue weighted by Gasteiger charge is 2.20. The maximum absolute atomic E-state index is 12.9. The molecule has 33 heavy (non-hydrogen) atoms. The second kappa shape index (κ2) is 11.2. The Morgan fingerprint density at radius 2 is 1.88 bits per heavy atom. The van der Waals surface area contributed by atoms with Crippen molar-refractivity contribution in [1.29, 1.82) is 0 Å². The molecule has 0 N–H and O–H groups in total. The summed E-state index contributed by atoms with van der Waals surface area (Å²) >= 11 is 1.46. The first-order valence-electron chi connectivity index (χ1n) is 11.1. The first-order valence-corrected chi connectivity index (χ1v) is 13.4. The molecule has 0 atom stereocenters. The van der Waals surface area contributed by atoms with Crippen LogP contribution in [-0.2, 0) is 21.3 Å². The van der Waals surface area contributed by atoms with Gasteiger partial charge in [0, 0.05) is 32.3 Å². The van der Waals surface area contributed by atoms with Crippen molar-refractivity contribution >= 4 is 37.5 Å². The lowest BCUT2D eigenvalue weighted by atomic mass is 10.2. The summed E-state index contributed by atoms with van der Waals surface area (Å²) in [6.45, 7) is 8.18. The second-order valence-electron chi connectivity index (χ2n) is 7.83. The molecule has 1 aromatic heterocycles. The third-order valence-electron chi connectivity index (χ3n) is 5.33. The van der Waals surface area contributed by atoms with E-state index in [-0.39, 0.29) is 4.90 Å². The van der Waals surface area contributed by atoms with Crippen LogP contribution in [0.4, 0.5) is 0 Å². The Balaban J connectivity index is 1.91. The highest BCUT2D eigenvalue weighted by atomic mass is 32.2. The lowest BCUT2D eigenvalue weighted by molar-refractivity contribution is 0.0996. The highest BCUT2D eigenvalue weighted by molar-refractivity contribution is 7.89. The SMILES string of the molecule is CCCCN(C)S(=O)(=O)c1ccc(C(=O)N=c2sc3cc(C)ccc3n2CCOCC)cc1. The van der Waals surface area contributed by atoms with Crippen LogP contribution in [0.25, 0.3) is 10.2 Å². The van der Waals surface area contributed by atoms with E-state index in [1.807, 2.05) is 37.5 Å². The Labute approximate surface area is 199 Å². The van der Waals surface area contributed by atoms with Gasteiger partial charge in [0.05, 0.1) is 21.7 Å². The molecule has 0 saturated heterocycles. The van der Waals surface area contributed by atoms with Gasteiger partial charge in [-0.1, -0.05) is 30.7 Å². The van der Waals surface area contributed by atoms with Crippen molar-refractivity contribution in [2.45, 2.75) is 45.1 Å². The van der Waals surface area contributed by atoms with Crippen molar-refractivity contribution in [2.24, 2.45) is 4.99 Å². The minimum absolute atomic E-state index is 0.168. The van der Waals surface area contributed by atoms with Crippen molar-refractivity contribution in [2.75, 3.05) is 26.8 Å². The number of carbonyl (C=O) groups is 1. The number of sulfonamides is 1. The molecule has 0 unspecified atom stereocenters. The molecule has 3 rings (SSSR count). The van der Waals surface area contributed by atoms with E-state index in [1.54, 1.807) is 7.05 Å². The Morgan fingerprint density at radius 1 is 1.15 bits per heavy atom. The quantitative estimate of drug-likeness (QED) is 0.400. The van der Waals surface area contributed by atoms with Crippen molar-refractivity contribution < 1.29 is 17.9 Å². The van der Waals surface area contributed by atoms with Crippen LogP contribution in [0.5, 0.6) is 0 Å². The fraction of sp³-hybridized carbons (Fsp3) is 0.417. The Morgan fingerprint density at radius 3 is 2.55 bits per heavy atom. The summed E-state index contributed by atoms with van der Waals surface area (Å²) in [7, 11) is -2.01. The van der Waals surface area contributed by atoms with Gasteiger partial charge in [-0.05, 0) is 62.2 Å². The van der Waals surface area contributed by atoms with Crippen LogP contribution >= 0.6 is 11.3 Å².